The molecule has 0 atom stereocenters. The van der Waals surface area contributed by atoms with Crippen molar-refractivity contribution >= 4 is 11.7 Å². The van der Waals surface area contributed by atoms with Crippen LogP contribution < -0.4 is 10.6 Å². The summed E-state index contributed by atoms with van der Waals surface area (Å²) in [6.07, 6.45) is 2.58. The van der Waals surface area contributed by atoms with Crippen LogP contribution in [0.15, 0.2) is 60.8 Å². The summed E-state index contributed by atoms with van der Waals surface area (Å²) >= 11 is 0. The number of carbonyl (C=O) groups is 1. The van der Waals surface area contributed by atoms with E-state index in [0.717, 1.165) is 18.7 Å². The summed E-state index contributed by atoms with van der Waals surface area (Å²) in [5.41, 5.74) is 2.39. The summed E-state index contributed by atoms with van der Waals surface area (Å²) in [7, 11) is 0. The molecule has 2 aromatic heterocycles. The molecule has 2 N–H and O–H groups in total. The average Bonchev–Trinajstić information content (AvgIpc) is 2.67. The highest BCUT2D eigenvalue weighted by molar-refractivity contribution is 5.92. The largest absolute Gasteiger partial charge is 0.370 e. The van der Waals surface area contributed by atoms with Crippen molar-refractivity contribution in [3.63, 3.8) is 0 Å². The molecule has 1 amide bonds. The lowest BCUT2D eigenvalue weighted by Crippen LogP contribution is -2.25. The van der Waals surface area contributed by atoms with E-state index in [1.807, 2.05) is 36.4 Å². The van der Waals surface area contributed by atoms with Gasteiger partial charge in [-0.25, -0.2) is 9.97 Å². The minimum atomic E-state index is -0.243. The van der Waals surface area contributed by atoms with Crippen molar-refractivity contribution in [2.45, 2.75) is 19.9 Å². The van der Waals surface area contributed by atoms with Gasteiger partial charge in [0.2, 0.25) is 0 Å². The molecule has 2 heterocycles. The molecule has 3 aromatic rings. The van der Waals surface area contributed by atoms with Gasteiger partial charge in [-0.2, -0.15) is 0 Å². The molecule has 0 aliphatic heterocycles. The molecule has 0 spiro atoms. The van der Waals surface area contributed by atoms with E-state index in [-0.39, 0.29) is 5.91 Å². The minimum Gasteiger partial charge on any atom is -0.370 e. The third-order valence-electron chi connectivity index (χ3n) is 3.79. The summed E-state index contributed by atoms with van der Waals surface area (Å²) in [4.78, 5) is 25.1. The maximum absolute atomic E-state index is 12.4. The predicted octanol–water partition coefficient (Wildman–Crippen LogP) is 2.76. The van der Waals surface area contributed by atoms with E-state index in [9.17, 15) is 4.79 Å². The van der Waals surface area contributed by atoms with Gasteiger partial charge < -0.3 is 10.6 Å². The molecule has 0 fully saturated rings. The molecule has 0 aliphatic carbocycles. The quantitative estimate of drug-likeness (QED) is 0.687. The van der Waals surface area contributed by atoms with Gasteiger partial charge in [0.15, 0.2) is 0 Å². The van der Waals surface area contributed by atoms with Gasteiger partial charge in [-0.05, 0) is 31.0 Å². The smallest absolute Gasteiger partial charge is 0.270 e. The van der Waals surface area contributed by atoms with Crippen LogP contribution in [0.5, 0.6) is 0 Å². The first kappa shape index (κ1) is 17.5. The van der Waals surface area contributed by atoms with Crippen molar-refractivity contribution in [3.05, 3.63) is 83.6 Å². The zero-order chi connectivity index (χ0) is 18.2. The van der Waals surface area contributed by atoms with E-state index < -0.39 is 0 Å². The van der Waals surface area contributed by atoms with E-state index in [4.69, 9.17) is 0 Å². The number of hydrogen-bond donors (Lipinski definition) is 2. The molecule has 6 heteroatoms. The van der Waals surface area contributed by atoms with Crippen LogP contribution in [0, 0.1) is 6.92 Å². The van der Waals surface area contributed by atoms with Gasteiger partial charge in [0.1, 0.15) is 17.3 Å². The topological polar surface area (TPSA) is 79.8 Å². The van der Waals surface area contributed by atoms with E-state index in [1.54, 1.807) is 19.2 Å². The number of aromatic nitrogens is 3. The number of rotatable bonds is 7. The highest BCUT2D eigenvalue weighted by Gasteiger charge is 2.10. The fourth-order valence-electron chi connectivity index (χ4n) is 2.52. The number of carbonyl (C=O) groups excluding carboxylic acids is 1. The van der Waals surface area contributed by atoms with Crippen LogP contribution in [0.1, 0.15) is 27.6 Å². The van der Waals surface area contributed by atoms with E-state index in [2.05, 4.69) is 37.7 Å². The zero-order valence-electron chi connectivity index (χ0n) is 14.6. The van der Waals surface area contributed by atoms with Crippen LogP contribution in [-0.2, 0) is 13.0 Å². The fourth-order valence-corrected chi connectivity index (χ4v) is 2.52. The van der Waals surface area contributed by atoms with Crippen molar-refractivity contribution in [1.82, 2.24) is 20.3 Å². The normalized spacial score (nSPS) is 10.3. The first-order chi connectivity index (χ1) is 12.7. The van der Waals surface area contributed by atoms with Gasteiger partial charge in [-0.3, -0.25) is 9.78 Å². The molecule has 0 saturated heterocycles. The second-order valence-electron chi connectivity index (χ2n) is 5.85. The summed E-state index contributed by atoms with van der Waals surface area (Å²) in [5.74, 6) is 0.960. The monoisotopic (exact) mass is 347 g/mol. The minimum absolute atomic E-state index is 0.243. The van der Waals surface area contributed by atoms with Crippen LogP contribution in [0.2, 0.25) is 0 Å². The number of amides is 1. The molecule has 132 valence electrons. The summed E-state index contributed by atoms with van der Waals surface area (Å²) < 4.78 is 0. The number of pyridine rings is 1. The Hall–Kier alpha value is -3.28. The Morgan fingerprint density at radius 1 is 1.04 bits per heavy atom. The van der Waals surface area contributed by atoms with Crippen LogP contribution in [0.4, 0.5) is 5.82 Å². The standard InChI is InChI=1S/C20H21N5O/c1-15-24-18(20(26)23-14-17-9-5-6-11-21-17)13-19(25-15)22-12-10-16-7-3-2-4-8-16/h2-9,11,13H,10,12,14H2,1H3,(H,23,26)(H,22,24,25). The van der Waals surface area contributed by atoms with E-state index in [1.165, 1.54) is 5.56 Å². The summed E-state index contributed by atoms with van der Waals surface area (Å²) in [6, 6.07) is 17.5. The predicted molar refractivity (Wildman–Crippen MR) is 101 cm³/mol. The fraction of sp³-hybridized carbons (Fsp3) is 0.200. The maximum atomic E-state index is 12.4. The Morgan fingerprint density at radius 2 is 1.85 bits per heavy atom. The van der Waals surface area contributed by atoms with Gasteiger partial charge in [0.25, 0.3) is 5.91 Å². The van der Waals surface area contributed by atoms with Crippen molar-refractivity contribution in [2.24, 2.45) is 0 Å². The lowest BCUT2D eigenvalue weighted by Gasteiger charge is -2.09. The van der Waals surface area contributed by atoms with Crippen LogP contribution in [0.25, 0.3) is 0 Å². The lowest BCUT2D eigenvalue weighted by molar-refractivity contribution is 0.0945. The average molecular weight is 347 g/mol. The third kappa shape index (κ3) is 5.11. The Kier molecular flexibility index (Phi) is 5.88. The highest BCUT2D eigenvalue weighted by Crippen LogP contribution is 2.08. The molecule has 0 bridgehead atoms. The summed E-state index contributed by atoms with van der Waals surface area (Å²) in [6.45, 7) is 2.87. The number of anilines is 1. The number of aryl methyl sites for hydroxylation is 1. The Bertz CT molecular complexity index is 853. The Balaban J connectivity index is 1.58. The molecule has 0 unspecified atom stereocenters. The molecule has 0 radical (unpaired) electrons. The van der Waals surface area contributed by atoms with E-state index >= 15 is 0 Å². The molecular formula is C20H21N5O. The summed E-state index contributed by atoms with van der Waals surface area (Å²) in [5, 5.41) is 6.09. The van der Waals surface area contributed by atoms with Crippen LogP contribution in [0.3, 0.4) is 0 Å². The van der Waals surface area contributed by atoms with Gasteiger partial charge in [-0.15, -0.1) is 0 Å². The molecule has 3 rings (SSSR count). The molecule has 1 aromatic carbocycles. The lowest BCUT2D eigenvalue weighted by atomic mass is 10.1. The second-order valence-corrected chi connectivity index (χ2v) is 5.85. The van der Waals surface area contributed by atoms with Gasteiger partial charge >= 0.3 is 0 Å². The molecule has 0 saturated carbocycles. The number of hydrogen-bond acceptors (Lipinski definition) is 5. The van der Waals surface area contributed by atoms with Crippen molar-refractivity contribution < 1.29 is 4.79 Å². The van der Waals surface area contributed by atoms with Gasteiger partial charge in [-0.1, -0.05) is 36.4 Å². The number of benzene rings is 1. The van der Waals surface area contributed by atoms with Crippen LogP contribution >= 0.6 is 0 Å². The SMILES string of the molecule is Cc1nc(NCCc2ccccc2)cc(C(=O)NCc2ccccn2)n1. The zero-order valence-corrected chi connectivity index (χ0v) is 14.6. The highest BCUT2D eigenvalue weighted by atomic mass is 16.1. The molecule has 0 aliphatic rings. The van der Waals surface area contributed by atoms with Crippen LogP contribution in [-0.4, -0.2) is 27.4 Å². The molecular weight excluding hydrogens is 326 g/mol. The first-order valence-electron chi connectivity index (χ1n) is 8.52. The van der Waals surface area contributed by atoms with Crippen molar-refractivity contribution in [3.8, 4) is 0 Å². The third-order valence-corrected chi connectivity index (χ3v) is 3.79. The van der Waals surface area contributed by atoms with Crippen molar-refractivity contribution in [1.29, 1.82) is 0 Å². The first-order valence-corrected chi connectivity index (χ1v) is 8.52. The number of nitrogens with zero attached hydrogens (tertiary/aromatic N) is 3. The van der Waals surface area contributed by atoms with Gasteiger partial charge in [0, 0.05) is 18.8 Å². The number of nitrogens with one attached hydrogen (secondary N) is 2. The second kappa shape index (κ2) is 8.71. The Labute approximate surface area is 152 Å². The van der Waals surface area contributed by atoms with Crippen molar-refractivity contribution in [2.75, 3.05) is 11.9 Å². The molecule has 26 heavy (non-hydrogen) atoms. The van der Waals surface area contributed by atoms with E-state index in [0.29, 0.717) is 23.9 Å². The Morgan fingerprint density at radius 3 is 2.62 bits per heavy atom. The van der Waals surface area contributed by atoms with Gasteiger partial charge in [0.05, 0.1) is 12.2 Å². The maximum Gasteiger partial charge on any atom is 0.270 e. The molecule has 6 nitrogen and oxygen atoms in total.